The van der Waals surface area contributed by atoms with Crippen molar-refractivity contribution in [2.45, 2.75) is 37.4 Å². The molecule has 0 aromatic heterocycles. The molecule has 3 heteroatoms. The Bertz CT molecular complexity index is 104. The minimum atomic E-state index is -1.35. The first-order valence-electron chi connectivity index (χ1n) is 3.59. The summed E-state index contributed by atoms with van der Waals surface area (Å²) in [5.41, 5.74) is 0. The van der Waals surface area contributed by atoms with E-state index in [1.54, 1.807) is 6.92 Å². The van der Waals surface area contributed by atoms with Crippen molar-refractivity contribution in [3.8, 4) is 0 Å². The third kappa shape index (κ3) is 1.44. The van der Waals surface area contributed by atoms with Crippen molar-refractivity contribution in [2.24, 2.45) is 5.92 Å². The fraction of sp³-hybridized carbons (Fsp3) is 1.00. The van der Waals surface area contributed by atoms with Crippen LogP contribution in [0.15, 0.2) is 0 Å². The highest BCUT2D eigenvalue weighted by Gasteiger charge is 2.35. The minimum Gasteiger partial charge on any atom is -0.244 e. The molecule has 10 heavy (non-hydrogen) atoms. The van der Waals surface area contributed by atoms with E-state index in [9.17, 15) is 8.78 Å². The van der Waals surface area contributed by atoms with E-state index < -0.39 is 12.3 Å². The Morgan fingerprint density at radius 2 is 1.80 bits per heavy atom. The van der Waals surface area contributed by atoms with Gasteiger partial charge in [0.15, 0.2) is 0 Å². The Kier molecular flexibility index (Phi) is 2.55. The lowest BCUT2D eigenvalue weighted by atomic mass is 9.87. The number of rotatable bonds is 0. The Morgan fingerprint density at radius 1 is 1.20 bits per heavy atom. The molecule has 4 atom stereocenters. The van der Waals surface area contributed by atoms with Gasteiger partial charge in [0.2, 0.25) is 0 Å². The smallest absolute Gasteiger partial charge is 0.143 e. The number of hydrogen-bond acceptors (Lipinski definition) is 1. The third-order valence-electron chi connectivity index (χ3n) is 2.13. The molecule has 0 N–H and O–H groups in total. The van der Waals surface area contributed by atoms with Gasteiger partial charge in [-0.25, -0.2) is 8.78 Å². The maximum atomic E-state index is 12.8. The van der Waals surface area contributed by atoms with E-state index in [2.05, 4.69) is 12.6 Å². The van der Waals surface area contributed by atoms with Gasteiger partial charge >= 0.3 is 0 Å². The van der Waals surface area contributed by atoms with Crippen LogP contribution in [0.5, 0.6) is 0 Å². The molecule has 0 bridgehead atoms. The average molecular weight is 166 g/mol. The summed E-state index contributed by atoms with van der Waals surface area (Å²) in [6.07, 6.45) is -1.19. The summed E-state index contributed by atoms with van der Waals surface area (Å²) >= 11 is 3.94. The molecule has 60 valence electrons. The normalized spacial score (nSPS) is 49.2. The highest BCUT2D eigenvalue weighted by atomic mass is 32.1. The van der Waals surface area contributed by atoms with Crippen molar-refractivity contribution in [1.82, 2.24) is 0 Å². The van der Waals surface area contributed by atoms with Gasteiger partial charge in [0.1, 0.15) is 12.3 Å². The summed E-state index contributed by atoms with van der Waals surface area (Å²) in [4.78, 5) is 0. The maximum absolute atomic E-state index is 12.8. The lowest BCUT2D eigenvalue weighted by Crippen LogP contribution is -2.37. The molecule has 1 saturated carbocycles. The van der Waals surface area contributed by atoms with E-state index in [0.717, 1.165) is 6.42 Å². The van der Waals surface area contributed by atoms with E-state index in [-0.39, 0.29) is 11.2 Å². The van der Waals surface area contributed by atoms with Gasteiger partial charge in [-0.3, -0.25) is 0 Å². The van der Waals surface area contributed by atoms with Crippen LogP contribution in [0.1, 0.15) is 19.8 Å². The van der Waals surface area contributed by atoms with Gasteiger partial charge in [-0.2, -0.15) is 12.6 Å². The van der Waals surface area contributed by atoms with Crippen LogP contribution in [0.2, 0.25) is 0 Å². The summed E-state index contributed by atoms with van der Waals surface area (Å²) < 4.78 is 25.6. The van der Waals surface area contributed by atoms with E-state index in [1.165, 1.54) is 0 Å². The van der Waals surface area contributed by atoms with E-state index in [4.69, 9.17) is 0 Å². The maximum Gasteiger partial charge on any atom is 0.143 e. The van der Waals surface area contributed by atoms with Crippen molar-refractivity contribution in [2.75, 3.05) is 0 Å². The molecular formula is C7H12F2S. The van der Waals surface area contributed by atoms with Gasteiger partial charge in [-0.15, -0.1) is 0 Å². The fourth-order valence-electron chi connectivity index (χ4n) is 1.28. The van der Waals surface area contributed by atoms with Gasteiger partial charge in [0, 0.05) is 5.25 Å². The molecule has 1 aliphatic rings. The zero-order valence-electron chi connectivity index (χ0n) is 5.93. The molecule has 0 heterocycles. The van der Waals surface area contributed by atoms with Crippen LogP contribution in [-0.4, -0.2) is 17.6 Å². The summed E-state index contributed by atoms with van der Waals surface area (Å²) in [6.45, 7) is 1.75. The molecular weight excluding hydrogens is 154 g/mol. The van der Waals surface area contributed by atoms with Crippen molar-refractivity contribution in [3.05, 3.63) is 0 Å². The topological polar surface area (TPSA) is 0 Å². The van der Waals surface area contributed by atoms with Gasteiger partial charge < -0.3 is 0 Å². The second kappa shape index (κ2) is 3.07. The summed E-state index contributed by atoms with van der Waals surface area (Å²) in [6, 6.07) is 0. The second-order valence-corrected chi connectivity index (χ2v) is 3.67. The molecule has 0 amide bonds. The van der Waals surface area contributed by atoms with Crippen LogP contribution in [0.25, 0.3) is 0 Å². The van der Waals surface area contributed by atoms with Crippen LogP contribution in [-0.2, 0) is 0 Å². The molecule has 0 saturated heterocycles. The molecule has 0 aliphatic heterocycles. The van der Waals surface area contributed by atoms with Gasteiger partial charge in [0.25, 0.3) is 0 Å². The highest BCUT2D eigenvalue weighted by molar-refractivity contribution is 7.81. The average Bonchev–Trinajstić information content (AvgIpc) is 1.93. The van der Waals surface area contributed by atoms with Crippen LogP contribution in [0.3, 0.4) is 0 Å². The standard InChI is InChI=1S/C7H12F2S/c1-4-2-3-5(10)7(9)6(4)8/h4-7,10H,2-3H2,1H3. The summed E-state index contributed by atoms with van der Waals surface area (Å²) in [5, 5.41) is -0.383. The Hall–Kier alpha value is 0.210. The van der Waals surface area contributed by atoms with Crippen molar-refractivity contribution in [3.63, 3.8) is 0 Å². The number of alkyl halides is 2. The molecule has 0 aromatic carbocycles. The molecule has 4 unspecified atom stereocenters. The second-order valence-electron chi connectivity index (χ2n) is 3.01. The van der Waals surface area contributed by atoms with Crippen molar-refractivity contribution in [1.29, 1.82) is 0 Å². The monoisotopic (exact) mass is 166 g/mol. The molecule has 0 spiro atoms. The van der Waals surface area contributed by atoms with Crippen molar-refractivity contribution >= 4 is 12.6 Å². The predicted octanol–water partition coefficient (Wildman–Crippen LogP) is 2.39. The number of halogens is 2. The van der Waals surface area contributed by atoms with E-state index >= 15 is 0 Å². The van der Waals surface area contributed by atoms with Crippen LogP contribution in [0, 0.1) is 5.92 Å². The Balaban J connectivity index is 2.52. The van der Waals surface area contributed by atoms with E-state index in [1.807, 2.05) is 0 Å². The zero-order valence-corrected chi connectivity index (χ0v) is 6.82. The molecule has 1 fully saturated rings. The van der Waals surface area contributed by atoms with E-state index in [0.29, 0.717) is 6.42 Å². The van der Waals surface area contributed by atoms with Gasteiger partial charge in [-0.1, -0.05) is 6.92 Å². The van der Waals surface area contributed by atoms with Crippen LogP contribution >= 0.6 is 12.6 Å². The zero-order chi connectivity index (χ0) is 7.72. The van der Waals surface area contributed by atoms with Crippen LogP contribution < -0.4 is 0 Å². The molecule has 1 aliphatic carbocycles. The van der Waals surface area contributed by atoms with Gasteiger partial charge in [0.05, 0.1) is 0 Å². The molecule has 0 aromatic rings. The first-order valence-corrected chi connectivity index (χ1v) is 4.10. The van der Waals surface area contributed by atoms with Crippen LogP contribution in [0.4, 0.5) is 8.78 Å². The van der Waals surface area contributed by atoms with Crippen molar-refractivity contribution < 1.29 is 8.78 Å². The summed E-state index contributed by atoms with van der Waals surface area (Å²) in [7, 11) is 0. The molecule has 0 nitrogen and oxygen atoms in total. The Morgan fingerprint density at radius 3 is 2.30 bits per heavy atom. The SMILES string of the molecule is CC1CCC(S)C(F)C1F. The predicted molar refractivity (Wildman–Crippen MR) is 41.0 cm³/mol. The molecule has 0 radical (unpaired) electrons. The largest absolute Gasteiger partial charge is 0.244 e. The number of hydrogen-bond donors (Lipinski definition) is 1. The molecule has 1 rings (SSSR count). The first-order chi connectivity index (χ1) is 4.63. The quantitative estimate of drug-likeness (QED) is 0.525. The minimum absolute atomic E-state index is 0.126. The highest BCUT2D eigenvalue weighted by Crippen LogP contribution is 2.31. The number of thiol groups is 1. The third-order valence-corrected chi connectivity index (χ3v) is 2.68. The Labute approximate surface area is 65.4 Å². The fourth-order valence-corrected chi connectivity index (χ4v) is 1.59. The lowest BCUT2D eigenvalue weighted by Gasteiger charge is -2.30. The van der Waals surface area contributed by atoms with Gasteiger partial charge in [-0.05, 0) is 18.8 Å². The lowest BCUT2D eigenvalue weighted by molar-refractivity contribution is 0.0808. The summed E-state index contributed by atoms with van der Waals surface area (Å²) in [5.74, 6) is -0.126. The first kappa shape index (κ1) is 8.31.